The molecule has 0 fully saturated rings. The summed E-state index contributed by atoms with van der Waals surface area (Å²) < 4.78 is 10.5. The van der Waals surface area contributed by atoms with E-state index >= 15 is 0 Å². The summed E-state index contributed by atoms with van der Waals surface area (Å²) in [6.07, 6.45) is 6.03. The molecular formula is C14H23NO5. The fourth-order valence-corrected chi connectivity index (χ4v) is 1.76. The first-order valence-electron chi connectivity index (χ1n) is 6.78. The third kappa shape index (κ3) is 6.56. The van der Waals surface area contributed by atoms with Crippen molar-refractivity contribution in [2.45, 2.75) is 57.8 Å². The molecule has 0 aromatic heterocycles. The van der Waals surface area contributed by atoms with Crippen molar-refractivity contribution in [1.82, 2.24) is 5.32 Å². The van der Waals surface area contributed by atoms with Gasteiger partial charge in [-0.15, -0.1) is 0 Å². The van der Waals surface area contributed by atoms with Crippen LogP contribution < -0.4 is 5.32 Å². The summed E-state index contributed by atoms with van der Waals surface area (Å²) in [6, 6.07) is -1.11. The molecule has 1 unspecified atom stereocenters. The molecule has 0 spiro atoms. The number of allylic oxidation sites excluding steroid dienone is 1. The summed E-state index contributed by atoms with van der Waals surface area (Å²) in [6.45, 7) is 5.06. The molecule has 1 amide bonds. The Morgan fingerprint density at radius 1 is 1.45 bits per heavy atom. The van der Waals surface area contributed by atoms with E-state index in [0.29, 0.717) is 0 Å². The van der Waals surface area contributed by atoms with Crippen LogP contribution in [0.15, 0.2) is 12.2 Å². The summed E-state index contributed by atoms with van der Waals surface area (Å²) in [5.74, 6) is -1.14. The maximum absolute atomic E-state index is 11.6. The van der Waals surface area contributed by atoms with Crippen molar-refractivity contribution in [1.29, 1.82) is 0 Å². The number of hydrogen-bond acceptors (Lipinski definition) is 4. The van der Waals surface area contributed by atoms with E-state index in [4.69, 9.17) is 14.6 Å². The fourth-order valence-electron chi connectivity index (χ4n) is 1.76. The average Bonchev–Trinajstić information content (AvgIpc) is 2.33. The Kier molecular flexibility index (Phi) is 6.01. The third-order valence-electron chi connectivity index (χ3n) is 2.68. The van der Waals surface area contributed by atoms with Gasteiger partial charge in [0.2, 0.25) is 0 Å². The number of rotatable bonds is 5. The van der Waals surface area contributed by atoms with Crippen LogP contribution in [0.25, 0.3) is 0 Å². The maximum atomic E-state index is 11.6. The molecule has 0 heterocycles. The zero-order valence-corrected chi connectivity index (χ0v) is 12.2. The average molecular weight is 285 g/mol. The lowest BCUT2D eigenvalue weighted by molar-refractivity contribution is -0.141. The van der Waals surface area contributed by atoms with Crippen molar-refractivity contribution in [2.24, 2.45) is 0 Å². The van der Waals surface area contributed by atoms with Crippen molar-refractivity contribution >= 4 is 12.1 Å². The molecule has 1 aliphatic rings. The van der Waals surface area contributed by atoms with E-state index in [-0.39, 0.29) is 12.7 Å². The summed E-state index contributed by atoms with van der Waals surface area (Å²) in [4.78, 5) is 22.7. The highest BCUT2D eigenvalue weighted by Gasteiger charge is 2.25. The van der Waals surface area contributed by atoms with Gasteiger partial charge in [0, 0.05) is 0 Å². The minimum atomic E-state index is -1.14. The van der Waals surface area contributed by atoms with Crippen LogP contribution >= 0.6 is 0 Å². The summed E-state index contributed by atoms with van der Waals surface area (Å²) >= 11 is 0. The van der Waals surface area contributed by atoms with Crippen molar-refractivity contribution in [3.05, 3.63) is 12.2 Å². The van der Waals surface area contributed by atoms with Crippen LogP contribution in [0, 0.1) is 0 Å². The quantitative estimate of drug-likeness (QED) is 0.755. The standard InChI is InChI=1S/C14H23NO5/c1-14(2,3)20-13(18)15-11(12(16)17)9-19-10-7-5-4-6-8-10/h5,7,10-11H,4,6,8-9H2,1-3H3,(H,15,18)(H,16,17)/t10?,11-/m0/s1. The van der Waals surface area contributed by atoms with Gasteiger partial charge >= 0.3 is 12.1 Å². The normalized spacial score (nSPS) is 20.2. The SMILES string of the molecule is CC(C)(C)OC(=O)N[C@@H](COC1C=CCCC1)C(=O)O. The predicted molar refractivity (Wildman–Crippen MR) is 73.5 cm³/mol. The van der Waals surface area contributed by atoms with Crippen molar-refractivity contribution < 1.29 is 24.2 Å². The number of carboxylic acid groups (broad SMARTS) is 1. The molecule has 1 rings (SSSR count). The van der Waals surface area contributed by atoms with E-state index in [2.05, 4.69) is 5.32 Å². The van der Waals surface area contributed by atoms with Crippen molar-refractivity contribution in [2.75, 3.05) is 6.61 Å². The van der Waals surface area contributed by atoms with Gasteiger partial charge in [-0.25, -0.2) is 9.59 Å². The van der Waals surface area contributed by atoms with Gasteiger partial charge in [-0.3, -0.25) is 0 Å². The van der Waals surface area contributed by atoms with Crippen LogP contribution in [0.3, 0.4) is 0 Å². The smallest absolute Gasteiger partial charge is 0.408 e. The number of alkyl carbamates (subject to hydrolysis) is 1. The second kappa shape index (κ2) is 7.28. The Hall–Kier alpha value is -1.56. The molecular weight excluding hydrogens is 262 g/mol. The van der Waals surface area contributed by atoms with Gasteiger partial charge in [-0.05, 0) is 40.0 Å². The Bertz CT molecular complexity index is 372. The molecule has 6 nitrogen and oxygen atoms in total. The number of carboxylic acids is 1. The molecule has 0 aromatic carbocycles. The molecule has 0 aromatic rings. The highest BCUT2D eigenvalue weighted by molar-refractivity contribution is 5.80. The van der Waals surface area contributed by atoms with E-state index in [1.807, 2.05) is 12.2 Å². The lowest BCUT2D eigenvalue weighted by Gasteiger charge is -2.23. The topological polar surface area (TPSA) is 84.9 Å². The van der Waals surface area contributed by atoms with E-state index in [9.17, 15) is 9.59 Å². The molecule has 6 heteroatoms. The second-order valence-corrected chi connectivity index (χ2v) is 5.77. The second-order valence-electron chi connectivity index (χ2n) is 5.77. The molecule has 0 radical (unpaired) electrons. The highest BCUT2D eigenvalue weighted by Crippen LogP contribution is 2.14. The van der Waals surface area contributed by atoms with E-state index in [0.717, 1.165) is 19.3 Å². The number of amides is 1. The molecule has 2 N–H and O–H groups in total. The van der Waals surface area contributed by atoms with Gasteiger partial charge in [0.15, 0.2) is 6.04 Å². The van der Waals surface area contributed by atoms with Gasteiger partial charge in [-0.2, -0.15) is 0 Å². The molecule has 1 aliphatic carbocycles. The highest BCUT2D eigenvalue weighted by atomic mass is 16.6. The fraction of sp³-hybridized carbons (Fsp3) is 0.714. The van der Waals surface area contributed by atoms with Crippen LogP contribution in [0.4, 0.5) is 4.79 Å². The van der Waals surface area contributed by atoms with Crippen LogP contribution in [-0.2, 0) is 14.3 Å². The van der Waals surface area contributed by atoms with E-state index < -0.39 is 23.7 Å². The number of carbonyl (C=O) groups excluding carboxylic acids is 1. The lowest BCUT2D eigenvalue weighted by atomic mass is 10.1. The molecule has 0 saturated carbocycles. The van der Waals surface area contributed by atoms with Crippen LogP contribution in [0.5, 0.6) is 0 Å². The van der Waals surface area contributed by atoms with Gasteiger partial charge < -0.3 is 19.9 Å². The van der Waals surface area contributed by atoms with Crippen LogP contribution in [0.1, 0.15) is 40.0 Å². The van der Waals surface area contributed by atoms with Gasteiger partial charge in [-0.1, -0.05) is 12.2 Å². The Balaban J connectivity index is 2.44. The summed E-state index contributed by atoms with van der Waals surface area (Å²) in [5.41, 5.74) is -0.667. The first kappa shape index (κ1) is 16.5. The zero-order valence-electron chi connectivity index (χ0n) is 12.2. The molecule has 2 atom stereocenters. The third-order valence-corrected chi connectivity index (χ3v) is 2.68. The minimum absolute atomic E-state index is 0.0777. The molecule has 0 aliphatic heterocycles. The van der Waals surface area contributed by atoms with E-state index in [1.165, 1.54) is 0 Å². The Morgan fingerprint density at radius 2 is 2.15 bits per heavy atom. The van der Waals surface area contributed by atoms with Crippen LogP contribution in [0.2, 0.25) is 0 Å². The minimum Gasteiger partial charge on any atom is -0.480 e. The summed E-state index contributed by atoms with van der Waals surface area (Å²) in [5, 5.41) is 11.4. The Labute approximate surface area is 119 Å². The van der Waals surface area contributed by atoms with Crippen molar-refractivity contribution in [3.8, 4) is 0 Å². The predicted octanol–water partition coefficient (Wildman–Crippen LogP) is 2.09. The van der Waals surface area contributed by atoms with Gasteiger partial charge in [0.1, 0.15) is 5.60 Å². The van der Waals surface area contributed by atoms with Crippen molar-refractivity contribution in [3.63, 3.8) is 0 Å². The molecule has 0 bridgehead atoms. The number of nitrogens with one attached hydrogen (secondary N) is 1. The lowest BCUT2D eigenvalue weighted by Crippen LogP contribution is -2.46. The molecule has 0 saturated heterocycles. The monoisotopic (exact) mass is 285 g/mol. The first-order chi connectivity index (χ1) is 9.28. The summed E-state index contributed by atoms with van der Waals surface area (Å²) in [7, 11) is 0. The van der Waals surface area contributed by atoms with Crippen LogP contribution in [-0.4, -0.2) is 41.5 Å². The maximum Gasteiger partial charge on any atom is 0.408 e. The number of ether oxygens (including phenoxy) is 2. The molecule has 20 heavy (non-hydrogen) atoms. The number of hydrogen-bond donors (Lipinski definition) is 2. The van der Waals surface area contributed by atoms with Gasteiger partial charge in [0.05, 0.1) is 12.7 Å². The Morgan fingerprint density at radius 3 is 2.65 bits per heavy atom. The van der Waals surface area contributed by atoms with E-state index in [1.54, 1.807) is 20.8 Å². The zero-order chi connectivity index (χ0) is 15.2. The largest absolute Gasteiger partial charge is 0.480 e. The van der Waals surface area contributed by atoms with Gasteiger partial charge in [0.25, 0.3) is 0 Å². The number of carbonyl (C=O) groups is 2. The molecule has 114 valence electrons. The number of aliphatic carboxylic acids is 1. The first-order valence-corrected chi connectivity index (χ1v) is 6.78.